The minimum Gasteiger partial charge on any atom is -0.351 e. The summed E-state index contributed by atoms with van der Waals surface area (Å²) >= 11 is 0. The lowest BCUT2D eigenvalue weighted by Crippen LogP contribution is -2.22. The molecule has 1 aliphatic heterocycles. The number of hydrogen-bond donors (Lipinski definition) is 2. The van der Waals surface area contributed by atoms with Gasteiger partial charge in [-0.05, 0) is 44.5 Å². The standard InChI is InChI=1S/C21H21N7O2/c1-12(2)28-18-14(10-24-28)8-15(11-23-18)25-20(29)16-5-4-13-9-17-21(30)22-6-3-7-27(17)19(13)26-16/h4-5,8-12H,3,6-7H2,1-2H3,(H,22,30)(H,25,29). The molecule has 0 fully saturated rings. The van der Waals surface area contributed by atoms with Crippen molar-refractivity contribution in [1.82, 2.24) is 29.6 Å². The second kappa shape index (κ2) is 6.94. The van der Waals surface area contributed by atoms with Crippen LogP contribution in [-0.2, 0) is 6.54 Å². The summed E-state index contributed by atoms with van der Waals surface area (Å²) in [6.45, 7) is 5.39. The lowest BCUT2D eigenvalue weighted by atomic mass is 10.2. The molecule has 0 aliphatic carbocycles. The number of anilines is 1. The fourth-order valence-electron chi connectivity index (χ4n) is 3.78. The predicted octanol–water partition coefficient (Wildman–Crippen LogP) is 2.75. The molecule has 4 aromatic rings. The van der Waals surface area contributed by atoms with Crippen molar-refractivity contribution in [3.8, 4) is 0 Å². The molecule has 4 aromatic heterocycles. The van der Waals surface area contributed by atoms with Gasteiger partial charge in [-0.15, -0.1) is 0 Å². The summed E-state index contributed by atoms with van der Waals surface area (Å²) in [6.07, 6.45) is 4.17. The number of pyridine rings is 2. The van der Waals surface area contributed by atoms with E-state index < -0.39 is 0 Å². The average molecular weight is 403 g/mol. The maximum absolute atomic E-state index is 12.8. The number of aryl methyl sites for hydroxylation is 1. The van der Waals surface area contributed by atoms with E-state index in [0.29, 0.717) is 30.1 Å². The monoisotopic (exact) mass is 403 g/mol. The van der Waals surface area contributed by atoms with Crippen LogP contribution >= 0.6 is 0 Å². The molecule has 9 heteroatoms. The quantitative estimate of drug-likeness (QED) is 0.547. The number of amides is 2. The third kappa shape index (κ3) is 2.99. The largest absolute Gasteiger partial charge is 0.351 e. The number of carbonyl (C=O) groups is 2. The Hall–Kier alpha value is -3.75. The van der Waals surface area contributed by atoms with Gasteiger partial charge in [-0.1, -0.05) is 0 Å². The predicted molar refractivity (Wildman–Crippen MR) is 113 cm³/mol. The normalized spacial score (nSPS) is 14.0. The SMILES string of the molecule is CC(C)n1ncc2cc(NC(=O)c3ccc4cc5n(c4n3)CCCNC5=O)cnc21. The Morgan fingerprint density at radius 3 is 2.87 bits per heavy atom. The topological polar surface area (TPSA) is 107 Å². The van der Waals surface area contributed by atoms with Crippen molar-refractivity contribution in [2.75, 3.05) is 11.9 Å². The molecule has 0 spiro atoms. The van der Waals surface area contributed by atoms with E-state index >= 15 is 0 Å². The van der Waals surface area contributed by atoms with Gasteiger partial charge in [-0.2, -0.15) is 5.10 Å². The molecule has 5 heterocycles. The number of nitrogens with one attached hydrogen (secondary N) is 2. The fourth-order valence-corrected chi connectivity index (χ4v) is 3.78. The molecule has 0 saturated carbocycles. The molecule has 0 aromatic carbocycles. The van der Waals surface area contributed by atoms with E-state index in [1.54, 1.807) is 18.5 Å². The highest BCUT2D eigenvalue weighted by atomic mass is 16.2. The maximum Gasteiger partial charge on any atom is 0.274 e. The van der Waals surface area contributed by atoms with Gasteiger partial charge in [0.2, 0.25) is 0 Å². The van der Waals surface area contributed by atoms with Gasteiger partial charge in [0.05, 0.1) is 18.1 Å². The third-order valence-electron chi connectivity index (χ3n) is 5.23. The Bertz CT molecular complexity index is 1300. The zero-order chi connectivity index (χ0) is 20.8. The average Bonchev–Trinajstić information content (AvgIpc) is 3.26. The zero-order valence-corrected chi connectivity index (χ0v) is 16.7. The molecule has 5 rings (SSSR count). The van der Waals surface area contributed by atoms with Gasteiger partial charge < -0.3 is 15.2 Å². The van der Waals surface area contributed by atoms with E-state index in [9.17, 15) is 9.59 Å². The number of rotatable bonds is 3. The van der Waals surface area contributed by atoms with Crippen molar-refractivity contribution >= 4 is 39.6 Å². The summed E-state index contributed by atoms with van der Waals surface area (Å²) < 4.78 is 3.72. The minimum atomic E-state index is -0.331. The molecular formula is C21H21N7O2. The van der Waals surface area contributed by atoms with Crippen molar-refractivity contribution in [3.05, 3.63) is 48.0 Å². The van der Waals surface area contributed by atoms with Gasteiger partial charge in [0.15, 0.2) is 5.65 Å². The van der Waals surface area contributed by atoms with E-state index in [-0.39, 0.29) is 23.6 Å². The van der Waals surface area contributed by atoms with E-state index in [2.05, 4.69) is 25.7 Å². The second-order valence-corrected chi connectivity index (χ2v) is 7.67. The highest BCUT2D eigenvalue weighted by Crippen LogP contribution is 2.22. The van der Waals surface area contributed by atoms with Crippen LogP contribution in [-0.4, -0.2) is 42.7 Å². The van der Waals surface area contributed by atoms with Crippen molar-refractivity contribution in [2.45, 2.75) is 32.9 Å². The molecule has 2 amide bonds. The van der Waals surface area contributed by atoms with Crippen LogP contribution in [0.5, 0.6) is 0 Å². The van der Waals surface area contributed by atoms with Crippen LogP contribution in [0.1, 0.15) is 47.3 Å². The van der Waals surface area contributed by atoms with Gasteiger partial charge in [0.25, 0.3) is 11.8 Å². The first-order chi connectivity index (χ1) is 14.5. The number of aromatic nitrogens is 5. The number of nitrogens with zero attached hydrogens (tertiary/aromatic N) is 5. The molecule has 152 valence electrons. The molecule has 0 saturated heterocycles. The summed E-state index contributed by atoms with van der Waals surface area (Å²) in [7, 11) is 0. The highest BCUT2D eigenvalue weighted by molar-refractivity contribution is 6.05. The Kier molecular flexibility index (Phi) is 4.23. The first-order valence-electron chi connectivity index (χ1n) is 9.94. The van der Waals surface area contributed by atoms with Gasteiger partial charge in [0, 0.05) is 29.9 Å². The van der Waals surface area contributed by atoms with E-state index in [1.807, 2.05) is 41.3 Å². The molecule has 1 aliphatic rings. The third-order valence-corrected chi connectivity index (χ3v) is 5.23. The highest BCUT2D eigenvalue weighted by Gasteiger charge is 2.20. The Morgan fingerprint density at radius 1 is 1.17 bits per heavy atom. The minimum absolute atomic E-state index is 0.113. The first kappa shape index (κ1) is 18.3. The zero-order valence-electron chi connectivity index (χ0n) is 16.7. The number of hydrogen-bond acceptors (Lipinski definition) is 5. The van der Waals surface area contributed by atoms with Gasteiger partial charge in [0.1, 0.15) is 17.0 Å². The Balaban J connectivity index is 1.45. The van der Waals surface area contributed by atoms with Crippen molar-refractivity contribution in [2.24, 2.45) is 0 Å². The summed E-state index contributed by atoms with van der Waals surface area (Å²) in [5.74, 6) is -0.444. The van der Waals surface area contributed by atoms with Crippen molar-refractivity contribution in [1.29, 1.82) is 0 Å². The van der Waals surface area contributed by atoms with E-state index in [0.717, 1.165) is 22.8 Å². The van der Waals surface area contributed by atoms with Crippen LogP contribution in [0.25, 0.3) is 22.1 Å². The van der Waals surface area contributed by atoms with Crippen LogP contribution in [0.4, 0.5) is 5.69 Å². The van der Waals surface area contributed by atoms with E-state index in [4.69, 9.17) is 0 Å². The molecule has 2 N–H and O–H groups in total. The van der Waals surface area contributed by atoms with Crippen LogP contribution in [0.2, 0.25) is 0 Å². The van der Waals surface area contributed by atoms with Crippen LogP contribution in [0.3, 0.4) is 0 Å². The van der Waals surface area contributed by atoms with E-state index in [1.165, 1.54) is 0 Å². The molecule has 0 radical (unpaired) electrons. The molecule has 9 nitrogen and oxygen atoms in total. The molecule has 0 unspecified atom stereocenters. The maximum atomic E-state index is 12.8. The lowest BCUT2D eigenvalue weighted by Gasteiger charge is -2.08. The summed E-state index contributed by atoms with van der Waals surface area (Å²) in [4.78, 5) is 34.0. The van der Waals surface area contributed by atoms with Gasteiger partial charge >= 0.3 is 0 Å². The van der Waals surface area contributed by atoms with Crippen LogP contribution < -0.4 is 10.6 Å². The molecular weight excluding hydrogens is 382 g/mol. The number of fused-ring (bicyclic) bond motifs is 4. The summed E-state index contributed by atoms with van der Waals surface area (Å²) in [6, 6.07) is 7.34. The van der Waals surface area contributed by atoms with Crippen LogP contribution in [0.15, 0.2) is 36.7 Å². The lowest BCUT2D eigenvalue weighted by molar-refractivity contribution is 0.0950. The first-order valence-corrected chi connectivity index (χ1v) is 9.94. The van der Waals surface area contributed by atoms with Gasteiger partial charge in [-0.3, -0.25) is 9.59 Å². The Labute approximate surface area is 172 Å². The van der Waals surface area contributed by atoms with Crippen molar-refractivity contribution < 1.29 is 9.59 Å². The summed E-state index contributed by atoms with van der Waals surface area (Å²) in [5, 5.41) is 11.8. The van der Waals surface area contributed by atoms with Gasteiger partial charge in [-0.25, -0.2) is 14.6 Å². The number of carbonyl (C=O) groups excluding carboxylic acids is 2. The molecule has 0 bridgehead atoms. The second-order valence-electron chi connectivity index (χ2n) is 7.67. The summed E-state index contributed by atoms with van der Waals surface area (Å²) in [5.41, 5.74) is 2.85. The molecule has 30 heavy (non-hydrogen) atoms. The molecule has 0 atom stereocenters. The smallest absolute Gasteiger partial charge is 0.274 e. The van der Waals surface area contributed by atoms with Crippen LogP contribution in [0, 0.1) is 0 Å². The Morgan fingerprint density at radius 2 is 2.03 bits per heavy atom. The fraction of sp³-hybridized carbons (Fsp3) is 0.286. The van der Waals surface area contributed by atoms with Crippen molar-refractivity contribution in [3.63, 3.8) is 0 Å².